The van der Waals surface area contributed by atoms with E-state index in [1.165, 1.54) is 0 Å². The standard InChI is InChI=1S/C27H36N6O3/c1-36-16-8-15-33-24-13-6-5-12-23(24)31-26(33)20-9-7-14-32(19-20)25(34)17-21(28)18-29-27(35)30-22-10-3-2-4-11-22/h2-6,10-13,20-21H,7-9,14-19,28H2,1H3,(H2,29,30,35). The number of carbonyl (C=O) groups excluding carboxylic acids is 2. The number of methoxy groups -OCH3 is 1. The normalized spacial score (nSPS) is 16.6. The van der Waals surface area contributed by atoms with Crippen molar-refractivity contribution < 1.29 is 14.3 Å². The number of urea groups is 1. The molecule has 1 aliphatic heterocycles. The first kappa shape index (κ1) is 25.7. The monoisotopic (exact) mass is 492 g/mol. The van der Waals surface area contributed by atoms with Crippen molar-refractivity contribution in [2.45, 2.75) is 44.2 Å². The third kappa shape index (κ3) is 6.61. The van der Waals surface area contributed by atoms with Crippen molar-refractivity contribution in [1.82, 2.24) is 19.8 Å². The van der Waals surface area contributed by atoms with Gasteiger partial charge >= 0.3 is 6.03 Å². The number of para-hydroxylation sites is 3. The number of nitrogens with one attached hydrogen (secondary N) is 2. The zero-order valence-corrected chi connectivity index (χ0v) is 20.9. The number of hydrogen-bond donors (Lipinski definition) is 3. The number of anilines is 1. The van der Waals surface area contributed by atoms with Crippen molar-refractivity contribution in [3.8, 4) is 0 Å². The van der Waals surface area contributed by atoms with E-state index < -0.39 is 6.04 Å². The Morgan fingerprint density at radius 1 is 1.17 bits per heavy atom. The third-order valence-electron chi connectivity index (χ3n) is 6.55. The maximum Gasteiger partial charge on any atom is 0.319 e. The number of ether oxygens (including phenoxy) is 1. The maximum absolute atomic E-state index is 13.1. The van der Waals surface area contributed by atoms with E-state index in [0.717, 1.165) is 42.7 Å². The van der Waals surface area contributed by atoms with E-state index >= 15 is 0 Å². The number of aromatic nitrogens is 2. The second-order valence-electron chi connectivity index (χ2n) is 9.30. The molecule has 4 N–H and O–H groups in total. The van der Waals surface area contributed by atoms with Gasteiger partial charge in [-0.3, -0.25) is 4.79 Å². The van der Waals surface area contributed by atoms with Gasteiger partial charge in [-0.15, -0.1) is 0 Å². The molecule has 0 spiro atoms. The molecule has 2 aromatic carbocycles. The first-order chi connectivity index (χ1) is 17.5. The van der Waals surface area contributed by atoms with Crippen molar-refractivity contribution in [3.05, 3.63) is 60.4 Å². The van der Waals surface area contributed by atoms with Gasteiger partial charge in [0, 0.05) is 64.0 Å². The zero-order chi connectivity index (χ0) is 25.3. The number of fused-ring (bicyclic) bond motifs is 1. The number of imidazole rings is 1. The lowest BCUT2D eigenvalue weighted by atomic mass is 9.96. The average Bonchev–Trinajstić information content (AvgIpc) is 3.27. The minimum absolute atomic E-state index is 0.0134. The molecule has 2 atom stereocenters. The first-order valence-corrected chi connectivity index (χ1v) is 12.6. The zero-order valence-electron chi connectivity index (χ0n) is 20.9. The predicted molar refractivity (Wildman–Crippen MR) is 141 cm³/mol. The van der Waals surface area contributed by atoms with E-state index in [1.807, 2.05) is 53.4 Å². The Balaban J connectivity index is 1.33. The SMILES string of the molecule is COCCCn1c(C2CCCN(C(=O)CC(N)CNC(=O)Nc3ccccc3)C2)nc2ccccc21. The number of rotatable bonds is 10. The van der Waals surface area contributed by atoms with Gasteiger partial charge in [-0.1, -0.05) is 30.3 Å². The smallest absolute Gasteiger partial charge is 0.319 e. The number of carbonyl (C=O) groups is 2. The molecule has 1 aliphatic rings. The fourth-order valence-electron chi connectivity index (χ4n) is 4.77. The van der Waals surface area contributed by atoms with E-state index in [-0.39, 0.29) is 30.8 Å². The molecule has 0 bridgehead atoms. The molecule has 0 aliphatic carbocycles. The number of hydrogen-bond acceptors (Lipinski definition) is 5. The number of nitrogens with zero attached hydrogens (tertiary/aromatic N) is 3. The molecular formula is C27H36N6O3. The topological polar surface area (TPSA) is 115 Å². The van der Waals surface area contributed by atoms with Crippen LogP contribution in [0.15, 0.2) is 54.6 Å². The van der Waals surface area contributed by atoms with Crippen LogP contribution in [0.3, 0.4) is 0 Å². The van der Waals surface area contributed by atoms with Crippen molar-refractivity contribution in [1.29, 1.82) is 0 Å². The third-order valence-corrected chi connectivity index (χ3v) is 6.55. The maximum atomic E-state index is 13.1. The highest BCUT2D eigenvalue weighted by atomic mass is 16.5. The Labute approximate surface area is 212 Å². The molecular weight excluding hydrogens is 456 g/mol. The Bertz CT molecular complexity index is 1150. The van der Waals surface area contributed by atoms with E-state index in [0.29, 0.717) is 25.4 Å². The Kier molecular flexibility index (Phi) is 8.91. The average molecular weight is 493 g/mol. The summed E-state index contributed by atoms with van der Waals surface area (Å²) in [6.07, 6.45) is 3.00. The second-order valence-corrected chi connectivity index (χ2v) is 9.30. The van der Waals surface area contributed by atoms with Crippen molar-refractivity contribution in [2.75, 3.05) is 38.7 Å². The van der Waals surface area contributed by atoms with Gasteiger partial charge in [0.05, 0.1) is 11.0 Å². The Hall–Kier alpha value is -3.43. The number of nitrogens with two attached hydrogens (primary N) is 1. The van der Waals surface area contributed by atoms with Crippen LogP contribution in [0.2, 0.25) is 0 Å². The lowest BCUT2D eigenvalue weighted by Crippen LogP contribution is -2.45. The number of benzene rings is 2. The molecule has 1 aromatic heterocycles. The molecule has 192 valence electrons. The summed E-state index contributed by atoms with van der Waals surface area (Å²) in [6, 6.07) is 16.6. The van der Waals surface area contributed by atoms with Gasteiger partial charge < -0.3 is 30.6 Å². The summed E-state index contributed by atoms with van der Waals surface area (Å²) in [4.78, 5) is 32.0. The number of piperidine rings is 1. The van der Waals surface area contributed by atoms with Crippen LogP contribution in [0.25, 0.3) is 11.0 Å². The van der Waals surface area contributed by atoms with E-state index in [4.69, 9.17) is 15.5 Å². The summed E-state index contributed by atoms with van der Waals surface area (Å²) >= 11 is 0. The molecule has 3 amide bonds. The van der Waals surface area contributed by atoms with Crippen LogP contribution in [-0.4, -0.2) is 65.8 Å². The van der Waals surface area contributed by atoms with Crippen molar-refractivity contribution in [2.24, 2.45) is 5.73 Å². The van der Waals surface area contributed by atoms with Gasteiger partial charge in [-0.05, 0) is 43.5 Å². The minimum Gasteiger partial charge on any atom is -0.385 e. The second kappa shape index (κ2) is 12.5. The molecule has 2 unspecified atom stereocenters. The quantitative estimate of drug-likeness (QED) is 0.376. The van der Waals surface area contributed by atoms with Gasteiger partial charge in [-0.2, -0.15) is 0 Å². The molecule has 9 nitrogen and oxygen atoms in total. The minimum atomic E-state index is -0.460. The van der Waals surface area contributed by atoms with Crippen molar-refractivity contribution >= 4 is 28.7 Å². The fourth-order valence-corrected chi connectivity index (χ4v) is 4.77. The largest absolute Gasteiger partial charge is 0.385 e. The van der Waals surface area contributed by atoms with Crippen LogP contribution >= 0.6 is 0 Å². The Morgan fingerprint density at radius 3 is 2.75 bits per heavy atom. The summed E-state index contributed by atoms with van der Waals surface area (Å²) in [6.45, 7) is 3.08. The summed E-state index contributed by atoms with van der Waals surface area (Å²) in [5, 5.41) is 5.51. The lowest BCUT2D eigenvalue weighted by molar-refractivity contribution is -0.132. The molecule has 2 heterocycles. The van der Waals surface area contributed by atoms with Crippen LogP contribution in [0.5, 0.6) is 0 Å². The lowest BCUT2D eigenvalue weighted by Gasteiger charge is -2.33. The molecule has 1 saturated heterocycles. The molecule has 4 rings (SSSR count). The van der Waals surface area contributed by atoms with Crippen LogP contribution in [0.4, 0.5) is 10.5 Å². The fraction of sp³-hybridized carbons (Fsp3) is 0.444. The van der Waals surface area contributed by atoms with Crippen LogP contribution in [0.1, 0.15) is 37.4 Å². The van der Waals surface area contributed by atoms with E-state index in [1.54, 1.807) is 7.11 Å². The van der Waals surface area contributed by atoms with Gasteiger partial charge in [-0.25, -0.2) is 9.78 Å². The van der Waals surface area contributed by atoms with Gasteiger partial charge in [0.1, 0.15) is 5.82 Å². The van der Waals surface area contributed by atoms with Crippen LogP contribution in [-0.2, 0) is 16.1 Å². The van der Waals surface area contributed by atoms with Gasteiger partial charge in [0.25, 0.3) is 0 Å². The molecule has 36 heavy (non-hydrogen) atoms. The molecule has 0 radical (unpaired) electrons. The summed E-state index contributed by atoms with van der Waals surface area (Å²) in [7, 11) is 1.72. The molecule has 9 heteroatoms. The van der Waals surface area contributed by atoms with Crippen LogP contribution in [0, 0.1) is 0 Å². The number of likely N-dealkylation sites (tertiary alicyclic amines) is 1. The van der Waals surface area contributed by atoms with Crippen LogP contribution < -0.4 is 16.4 Å². The number of amides is 3. The number of aryl methyl sites for hydroxylation is 1. The highest BCUT2D eigenvalue weighted by Crippen LogP contribution is 2.30. The molecule has 1 fully saturated rings. The molecule has 0 saturated carbocycles. The first-order valence-electron chi connectivity index (χ1n) is 12.6. The van der Waals surface area contributed by atoms with E-state index in [2.05, 4.69) is 21.3 Å². The summed E-state index contributed by atoms with van der Waals surface area (Å²) in [5.74, 6) is 1.22. The Morgan fingerprint density at radius 2 is 1.94 bits per heavy atom. The van der Waals surface area contributed by atoms with Crippen molar-refractivity contribution in [3.63, 3.8) is 0 Å². The predicted octanol–water partition coefficient (Wildman–Crippen LogP) is 3.32. The highest BCUT2D eigenvalue weighted by molar-refractivity contribution is 5.89. The summed E-state index contributed by atoms with van der Waals surface area (Å²) in [5.41, 5.74) is 9.00. The van der Waals surface area contributed by atoms with Gasteiger partial charge in [0.2, 0.25) is 5.91 Å². The van der Waals surface area contributed by atoms with Gasteiger partial charge in [0.15, 0.2) is 0 Å². The van der Waals surface area contributed by atoms with E-state index in [9.17, 15) is 9.59 Å². The summed E-state index contributed by atoms with van der Waals surface area (Å²) < 4.78 is 7.54. The molecule has 3 aromatic rings. The highest BCUT2D eigenvalue weighted by Gasteiger charge is 2.29.